The second-order valence-corrected chi connectivity index (χ2v) is 7.42. The Morgan fingerprint density at radius 3 is 2.72 bits per heavy atom. The second kappa shape index (κ2) is 7.56. The summed E-state index contributed by atoms with van der Waals surface area (Å²) in [5.74, 6) is 1.01. The molecule has 1 unspecified atom stereocenters. The molecule has 1 atom stereocenters. The third kappa shape index (κ3) is 3.66. The predicted octanol–water partition coefficient (Wildman–Crippen LogP) is 3.81. The van der Waals surface area contributed by atoms with Gasteiger partial charge in [-0.2, -0.15) is 0 Å². The molecule has 1 aliphatic heterocycles. The van der Waals surface area contributed by atoms with Gasteiger partial charge in [0.15, 0.2) is 11.2 Å². The molecule has 1 N–H and O–H groups in total. The molecule has 0 saturated heterocycles. The number of benzene rings is 2. The fraction of sp³-hybridized carbons (Fsp3) is 0.190. The number of rotatable bonds is 4. The molecule has 2 aromatic carbocycles. The van der Waals surface area contributed by atoms with Gasteiger partial charge in [0.25, 0.3) is 11.8 Å². The molecule has 1 aromatic heterocycles. The molecule has 3 aromatic rings. The molecule has 7 nitrogen and oxygen atoms in total. The Morgan fingerprint density at radius 2 is 2.00 bits per heavy atom. The van der Waals surface area contributed by atoms with Crippen LogP contribution in [0.25, 0.3) is 11.3 Å². The van der Waals surface area contributed by atoms with Crippen LogP contribution in [0.1, 0.15) is 17.3 Å². The lowest BCUT2D eigenvalue weighted by Gasteiger charge is -2.30. The molecule has 4 rings (SSSR count). The largest absolute Gasteiger partial charge is 0.497 e. The summed E-state index contributed by atoms with van der Waals surface area (Å²) in [4.78, 5) is 30.7. The van der Waals surface area contributed by atoms with E-state index in [0.29, 0.717) is 33.6 Å². The summed E-state index contributed by atoms with van der Waals surface area (Å²) in [6.45, 7) is 1.73. The number of methoxy groups -OCH3 is 1. The summed E-state index contributed by atoms with van der Waals surface area (Å²) in [5.41, 5.74) is 2.76. The van der Waals surface area contributed by atoms with Gasteiger partial charge >= 0.3 is 0 Å². The highest BCUT2D eigenvalue weighted by atomic mass is 32.1. The van der Waals surface area contributed by atoms with Gasteiger partial charge in [-0.15, -0.1) is 11.3 Å². The van der Waals surface area contributed by atoms with Gasteiger partial charge in [-0.3, -0.25) is 14.9 Å². The third-order valence-corrected chi connectivity index (χ3v) is 5.43. The van der Waals surface area contributed by atoms with Gasteiger partial charge in [0.1, 0.15) is 11.5 Å². The number of nitrogens with zero attached hydrogens (tertiary/aromatic N) is 2. The fourth-order valence-electron chi connectivity index (χ4n) is 3.05. The maximum Gasteiger partial charge on any atom is 0.267 e. The highest BCUT2D eigenvalue weighted by molar-refractivity contribution is 7.14. The average molecular weight is 409 g/mol. The second-order valence-electron chi connectivity index (χ2n) is 6.56. The number of ether oxygens (including phenoxy) is 2. The first-order chi connectivity index (χ1) is 14.0. The van der Waals surface area contributed by atoms with Crippen molar-refractivity contribution < 1.29 is 19.1 Å². The van der Waals surface area contributed by atoms with Crippen molar-refractivity contribution in [3.63, 3.8) is 0 Å². The number of carbonyl (C=O) groups excluding carboxylic acids is 2. The van der Waals surface area contributed by atoms with Gasteiger partial charge in [0.2, 0.25) is 0 Å². The lowest BCUT2D eigenvalue weighted by atomic mass is 10.1. The number of hydrogen-bond acceptors (Lipinski definition) is 6. The maximum atomic E-state index is 12.4. The summed E-state index contributed by atoms with van der Waals surface area (Å²) in [6, 6.07) is 12.4. The van der Waals surface area contributed by atoms with Crippen molar-refractivity contribution in [2.24, 2.45) is 0 Å². The highest BCUT2D eigenvalue weighted by Gasteiger charge is 2.29. The van der Waals surface area contributed by atoms with Crippen molar-refractivity contribution in [1.82, 2.24) is 4.98 Å². The molecule has 29 heavy (non-hydrogen) atoms. The topological polar surface area (TPSA) is 80.8 Å². The number of likely N-dealkylation sites (N-methyl/N-ethyl adjacent to an activating group) is 1. The zero-order valence-electron chi connectivity index (χ0n) is 16.1. The quantitative estimate of drug-likeness (QED) is 0.709. The molecular formula is C21H19N3O4S. The monoisotopic (exact) mass is 409 g/mol. The maximum absolute atomic E-state index is 12.4. The van der Waals surface area contributed by atoms with E-state index in [2.05, 4.69) is 10.3 Å². The van der Waals surface area contributed by atoms with Gasteiger partial charge in [0.05, 0.1) is 18.5 Å². The molecule has 2 heterocycles. The van der Waals surface area contributed by atoms with Gasteiger partial charge in [-0.05, 0) is 49.4 Å². The Kier molecular flexibility index (Phi) is 4.94. The number of fused-ring (bicyclic) bond motifs is 1. The summed E-state index contributed by atoms with van der Waals surface area (Å²) >= 11 is 1.33. The lowest BCUT2D eigenvalue weighted by molar-refractivity contribution is -0.125. The van der Waals surface area contributed by atoms with Crippen LogP contribution in [-0.4, -0.2) is 37.1 Å². The van der Waals surface area contributed by atoms with E-state index in [-0.39, 0.29) is 11.8 Å². The Hall–Kier alpha value is -3.39. The molecule has 0 saturated carbocycles. The van der Waals surface area contributed by atoms with Crippen LogP contribution in [0.3, 0.4) is 0 Å². The van der Waals surface area contributed by atoms with Crippen molar-refractivity contribution in [3.05, 3.63) is 53.4 Å². The molecular weight excluding hydrogens is 390 g/mol. The van der Waals surface area contributed by atoms with E-state index in [4.69, 9.17) is 9.47 Å². The van der Waals surface area contributed by atoms with Crippen LogP contribution in [0.5, 0.6) is 11.5 Å². The SMILES string of the molecule is COc1ccc(C(=O)Nc2nc(-c3ccc4c(c3)N(C)C(=O)C(C)O4)cs2)cc1. The Balaban J connectivity index is 1.53. The van der Waals surface area contributed by atoms with Crippen molar-refractivity contribution in [2.45, 2.75) is 13.0 Å². The number of thiazole rings is 1. The molecule has 0 spiro atoms. The molecule has 2 amide bonds. The zero-order valence-corrected chi connectivity index (χ0v) is 16.9. The minimum Gasteiger partial charge on any atom is -0.497 e. The molecule has 0 fully saturated rings. The highest BCUT2D eigenvalue weighted by Crippen LogP contribution is 2.37. The number of amides is 2. The third-order valence-electron chi connectivity index (χ3n) is 4.68. The number of carbonyl (C=O) groups is 2. The van der Waals surface area contributed by atoms with Gasteiger partial charge < -0.3 is 14.4 Å². The summed E-state index contributed by atoms with van der Waals surface area (Å²) in [6.07, 6.45) is -0.502. The number of hydrogen-bond donors (Lipinski definition) is 1. The van der Waals surface area contributed by atoms with Crippen LogP contribution in [0.4, 0.5) is 10.8 Å². The first kappa shape index (κ1) is 18.9. The lowest BCUT2D eigenvalue weighted by Crippen LogP contribution is -2.41. The minimum absolute atomic E-state index is 0.0969. The molecule has 1 aliphatic rings. The number of aromatic nitrogens is 1. The van der Waals surface area contributed by atoms with E-state index in [1.165, 1.54) is 11.3 Å². The summed E-state index contributed by atoms with van der Waals surface area (Å²) in [7, 11) is 3.30. The molecule has 0 bridgehead atoms. The van der Waals surface area contributed by atoms with Crippen molar-refractivity contribution in [1.29, 1.82) is 0 Å². The number of anilines is 2. The molecule has 0 aliphatic carbocycles. The first-order valence-electron chi connectivity index (χ1n) is 8.96. The minimum atomic E-state index is -0.502. The number of nitrogens with one attached hydrogen (secondary N) is 1. The molecule has 148 valence electrons. The van der Waals surface area contributed by atoms with Crippen molar-refractivity contribution in [3.8, 4) is 22.8 Å². The van der Waals surface area contributed by atoms with E-state index in [1.807, 2.05) is 23.6 Å². The van der Waals surface area contributed by atoms with Crippen LogP contribution in [-0.2, 0) is 4.79 Å². The Morgan fingerprint density at radius 1 is 1.24 bits per heavy atom. The predicted molar refractivity (Wildman–Crippen MR) is 112 cm³/mol. The van der Waals surface area contributed by atoms with Crippen molar-refractivity contribution in [2.75, 3.05) is 24.4 Å². The van der Waals surface area contributed by atoms with Crippen LogP contribution in [0, 0.1) is 0 Å². The van der Waals surface area contributed by atoms with Crippen LogP contribution in [0.2, 0.25) is 0 Å². The summed E-state index contributed by atoms with van der Waals surface area (Å²) < 4.78 is 10.8. The molecule has 0 radical (unpaired) electrons. The first-order valence-corrected chi connectivity index (χ1v) is 9.84. The van der Waals surface area contributed by atoms with Crippen LogP contribution >= 0.6 is 11.3 Å². The van der Waals surface area contributed by atoms with Crippen LogP contribution in [0.15, 0.2) is 47.8 Å². The van der Waals surface area contributed by atoms with E-state index in [0.717, 1.165) is 5.56 Å². The Labute approximate surface area is 171 Å². The smallest absolute Gasteiger partial charge is 0.267 e. The van der Waals surface area contributed by atoms with E-state index < -0.39 is 6.10 Å². The fourth-order valence-corrected chi connectivity index (χ4v) is 3.76. The average Bonchev–Trinajstić information content (AvgIpc) is 3.20. The molecule has 8 heteroatoms. The van der Waals surface area contributed by atoms with Gasteiger partial charge in [0, 0.05) is 23.6 Å². The van der Waals surface area contributed by atoms with Crippen molar-refractivity contribution >= 4 is 34.0 Å². The standard InChI is InChI=1S/C21H19N3O4S/c1-12-20(26)24(2)17-10-14(6-9-18(17)28-12)16-11-29-21(22-16)23-19(25)13-4-7-15(27-3)8-5-13/h4-12H,1-3H3,(H,22,23,25). The normalized spacial score (nSPS) is 15.5. The van der Waals surface area contributed by atoms with E-state index in [9.17, 15) is 9.59 Å². The zero-order chi connectivity index (χ0) is 20.5. The summed E-state index contributed by atoms with van der Waals surface area (Å²) in [5, 5.41) is 5.16. The van der Waals surface area contributed by atoms with Gasteiger partial charge in [-0.1, -0.05) is 0 Å². The van der Waals surface area contributed by atoms with Gasteiger partial charge in [-0.25, -0.2) is 4.98 Å². The van der Waals surface area contributed by atoms with E-state index in [1.54, 1.807) is 50.2 Å². The van der Waals surface area contributed by atoms with Crippen LogP contribution < -0.4 is 19.7 Å². The Bertz CT molecular complexity index is 1080. The van der Waals surface area contributed by atoms with E-state index >= 15 is 0 Å².